The predicted octanol–water partition coefficient (Wildman–Crippen LogP) is 4.04. The van der Waals surface area contributed by atoms with Gasteiger partial charge in [0.25, 0.3) is 5.91 Å². The van der Waals surface area contributed by atoms with Crippen LogP contribution in [-0.2, 0) is 10.0 Å². The van der Waals surface area contributed by atoms with E-state index in [1.165, 1.54) is 10.4 Å². The van der Waals surface area contributed by atoms with Crippen LogP contribution in [0.15, 0.2) is 45.8 Å². The molecule has 0 aliphatic carbocycles. The van der Waals surface area contributed by atoms with E-state index in [4.69, 9.17) is 4.74 Å². The average Bonchev–Trinajstić information content (AvgIpc) is 2.69. The van der Waals surface area contributed by atoms with Gasteiger partial charge in [0.05, 0.1) is 17.5 Å². The summed E-state index contributed by atoms with van der Waals surface area (Å²) >= 11 is 3.46. The SMILES string of the molecule is CCN(CC)S(=O)(=O)c1ccc(C)c(C(=O)NC2CCOc3ccc(Br)cc32)c1. The molecule has 1 N–H and O–H groups in total. The minimum Gasteiger partial charge on any atom is -0.493 e. The first-order chi connectivity index (χ1) is 13.8. The molecular formula is C21H25BrN2O4S. The van der Waals surface area contributed by atoms with Gasteiger partial charge >= 0.3 is 0 Å². The Bertz CT molecular complexity index is 1020. The lowest BCUT2D eigenvalue weighted by Gasteiger charge is -2.27. The largest absolute Gasteiger partial charge is 0.493 e. The van der Waals surface area contributed by atoms with E-state index in [0.717, 1.165) is 21.3 Å². The zero-order valence-electron chi connectivity index (χ0n) is 16.7. The summed E-state index contributed by atoms with van der Waals surface area (Å²) in [4.78, 5) is 13.2. The molecule has 1 aliphatic heterocycles. The standard InChI is InChI=1S/C21H25BrN2O4S/c1-4-24(5-2)29(26,27)16-8-6-14(3)17(13-16)21(25)23-19-10-11-28-20-9-7-15(22)12-18(19)20/h6-9,12-13,19H,4-5,10-11H2,1-3H3,(H,23,25). The van der Waals surface area contributed by atoms with Crippen LogP contribution in [0.5, 0.6) is 5.75 Å². The summed E-state index contributed by atoms with van der Waals surface area (Å²) in [5.41, 5.74) is 1.99. The monoisotopic (exact) mass is 480 g/mol. The number of hydrogen-bond donors (Lipinski definition) is 1. The summed E-state index contributed by atoms with van der Waals surface area (Å²) in [6.07, 6.45) is 0.645. The second-order valence-electron chi connectivity index (χ2n) is 6.91. The minimum absolute atomic E-state index is 0.132. The second-order valence-corrected chi connectivity index (χ2v) is 9.76. The fraction of sp³-hybridized carbons (Fsp3) is 0.381. The quantitative estimate of drug-likeness (QED) is 0.676. The van der Waals surface area contributed by atoms with Gasteiger partial charge in [-0.15, -0.1) is 0 Å². The molecule has 0 spiro atoms. The number of fused-ring (bicyclic) bond motifs is 1. The molecule has 3 rings (SSSR count). The fourth-order valence-electron chi connectivity index (χ4n) is 3.47. The van der Waals surface area contributed by atoms with E-state index in [2.05, 4.69) is 21.2 Å². The molecule has 0 radical (unpaired) electrons. The fourth-order valence-corrected chi connectivity index (χ4v) is 5.33. The number of nitrogens with zero attached hydrogens (tertiary/aromatic N) is 1. The summed E-state index contributed by atoms with van der Waals surface area (Å²) in [6.45, 7) is 6.66. The third-order valence-electron chi connectivity index (χ3n) is 5.11. The van der Waals surface area contributed by atoms with E-state index in [1.54, 1.807) is 32.9 Å². The van der Waals surface area contributed by atoms with Crippen LogP contribution in [0.4, 0.5) is 0 Å². The van der Waals surface area contributed by atoms with Crippen LogP contribution in [0.1, 0.15) is 47.8 Å². The van der Waals surface area contributed by atoms with Crippen molar-refractivity contribution in [2.24, 2.45) is 0 Å². The van der Waals surface area contributed by atoms with Gasteiger partial charge in [0.1, 0.15) is 5.75 Å². The first-order valence-corrected chi connectivity index (χ1v) is 11.8. The Morgan fingerprint density at radius 3 is 2.62 bits per heavy atom. The van der Waals surface area contributed by atoms with Gasteiger partial charge in [0.2, 0.25) is 10.0 Å². The van der Waals surface area contributed by atoms with Crippen molar-refractivity contribution in [2.75, 3.05) is 19.7 Å². The molecule has 156 valence electrons. The molecule has 1 amide bonds. The highest BCUT2D eigenvalue weighted by atomic mass is 79.9. The molecule has 29 heavy (non-hydrogen) atoms. The van der Waals surface area contributed by atoms with Crippen LogP contribution < -0.4 is 10.1 Å². The van der Waals surface area contributed by atoms with Crippen molar-refractivity contribution in [1.29, 1.82) is 0 Å². The summed E-state index contributed by atoms with van der Waals surface area (Å²) in [7, 11) is -3.63. The van der Waals surface area contributed by atoms with Crippen LogP contribution in [-0.4, -0.2) is 38.3 Å². The maximum atomic E-state index is 13.0. The molecule has 0 saturated heterocycles. The van der Waals surface area contributed by atoms with Crippen molar-refractivity contribution in [3.63, 3.8) is 0 Å². The molecule has 1 unspecified atom stereocenters. The summed E-state index contributed by atoms with van der Waals surface area (Å²) in [5.74, 6) is 0.455. The van der Waals surface area contributed by atoms with Gasteiger partial charge in [-0.1, -0.05) is 35.8 Å². The number of ether oxygens (including phenoxy) is 1. The van der Waals surface area contributed by atoms with Gasteiger partial charge in [-0.05, 0) is 42.8 Å². The third-order valence-corrected chi connectivity index (χ3v) is 7.65. The number of aryl methyl sites for hydroxylation is 1. The van der Waals surface area contributed by atoms with E-state index in [0.29, 0.717) is 31.7 Å². The Balaban J connectivity index is 1.90. The zero-order valence-corrected chi connectivity index (χ0v) is 19.1. The Labute approximate surface area is 180 Å². The molecular weight excluding hydrogens is 456 g/mol. The number of nitrogens with one attached hydrogen (secondary N) is 1. The van der Waals surface area contributed by atoms with Crippen LogP contribution in [0.25, 0.3) is 0 Å². The maximum absolute atomic E-state index is 13.0. The first-order valence-electron chi connectivity index (χ1n) is 9.61. The van der Waals surface area contributed by atoms with Gasteiger partial charge in [-0.2, -0.15) is 4.31 Å². The number of carbonyl (C=O) groups excluding carboxylic acids is 1. The molecule has 0 fully saturated rings. The molecule has 8 heteroatoms. The van der Waals surface area contributed by atoms with Crippen LogP contribution in [0.2, 0.25) is 0 Å². The van der Waals surface area contributed by atoms with E-state index >= 15 is 0 Å². The number of hydrogen-bond acceptors (Lipinski definition) is 4. The molecule has 1 aliphatic rings. The van der Waals surface area contributed by atoms with Crippen molar-refractivity contribution >= 4 is 31.9 Å². The lowest BCUT2D eigenvalue weighted by molar-refractivity contribution is 0.0924. The normalized spacial score (nSPS) is 16.2. The van der Waals surface area contributed by atoms with E-state index in [9.17, 15) is 13.2 Å². The average molecular weight is 481 g/mol. The highest BCUT2D eigenvalue weighted by Gasteiger charge is 2.26. The van der Waals surface area contributed by atoms with E-state index in [-0.39, 0.29) is 16.8 Å². The molecule has 1 atom stereocenters. The van der Waals surface area contributed by atoms with Crippen molar-refractivity contribution in [1.82, 2.24) is 9.62 Å². The van der Waals surface area contributed by atoms with Gasteiger partial charge in [0, 0.05) is 35.1 Å². The molecule has 1 heterocycles. The third kappa shape index (κ3) is 4.49. The molecule has 0 aromatic heterocycles. The molecule has 0 saturated carbocycles. The summed E-state index contributed by atoms with van der Waals surface area (Å²) < 4.78 is 33.7. The lowest BCUT2D eigenvalue weighted by atomic mass is 9.99. The second kappa shape index (κ2) is 8.85. The van der Waals surface area contributed by atoms with Crippen molar-refractivity contribution in [3.05, 3.63) is 57.6 Å². The molecule has 2 aromatic carbocycles. The number of halogens is 1. The van der Waals surface area contributed by atoms with E-state index in [1.807, 2.05) is 18.2 Å². The van der Waals surface area contributed by atoms with E-state index < -0.39 is 10.0 Å². The molecule has 0 bridgehead atoms. The number of amides is 1. The highest BCUT2D eigenvalue weighted by Crippen LogP contribution is 2.34. The van der Waals surface area contributed by atoms with Gasteiger partial charge < -0.3 is 10.1 Å². The Morgan fingerprint density at radius 2 is 1.93 bits per heavy atom. The molecule has 6 nitrogen and oxygen atoms in total. The lowest BCUT2D eigenvalue weighted by Crippen LogP contribution is -2.33. The number of carbonyl (C=O) groups is 1. The van der Waals surface area contributed by atoms with Crippen molar-refractivity contribution in [2.45, 2.75) is 38.1 Å². The van der Waals surface area contributed by atoms with Crippen molar-refractivity contribution < 1.29 is 17.9 Å². The Morgan fingerprint density at radius 1 is 1.21 bits per heavy atom. The first kappa shape index (κ1) is 21.8. The number of rotatable bonds is 6. The maximum Gasteiger partial charge on any atom is 0.252 e. The Hall–Kier alpha value is -1.90. The summed E-state index contributed by atoms with van der Waals surface area (Å²) in [6, 6.07) is 10.2. The van der Waals surface area contributed by atoms with Crippen molar-refractivity contribution in [3.8, 4) is 5.75 Å². The number of benzene rings is 2. The van der Waals surface area contributed by atoms with Crippen LogP contribution in [0, 0.1) is 6.92 Å². The topological polar surface area (TPSA) is 75.7 Å². The van der Waals surface area contributed by atoms with Gasteiger partial charge in [-0.3, -0.25) is 4.79 Å². The molecule has 2 aromatic rings. The van der Waals surface area contributed by atoms with Gasteiger partial charge in [0.15, 0.2) is 0 Å². The Kier molecular flexibility index (Phi) is 6.65. The predicted molar refractivity (Wildman–Crippen MR) is 116 cm³/mol. The highest BCUT2D eigenvalue weighted by molar-refractivity contribution is 9.10. The van der Waals surface area contributed by atoms with Gasteiger partial charge in [-0.25, -0.2) is 8.42 Å². The van der Waals surface area contributed by atoms with Crippen LogP contribution in [0.3, 0.4) is 0 Å². The smallest absolute Gasteiger partial charge is 0.252 e. The number of sulfonamides is 1. The van der Waals surface area contributed by atoms with Crippen LogP contribution >= 0.6 is 15.9 Å². The minimum atomic E-state index is -3.63. The zero-order chi connectivity index (χ0) is 21.2. The summed E-state index contributed by atoms with van der Waals surface area (Å²) in [5, 5.41) is 3.05.